The molecule has 2 rings (SSSR count). The minimum Gasteiger partial charge on any atom is -0.494 e. The molecule has 1 aromatic heterocycles. The van der Waals surface area contributed by atoms with Gasteiger partial charge in [-0.15, -0.1) is 0 Å². The average molecular weight is 306 g/mol. The lowest BCUT2D eigenvalue weighted by Gasteiger charge is -2.06. The summed E-state index contributed by atoms with van der Waals surface area (Å²) >= 11 is 0. The van der Waals surface area contributed by atoms with Crippen molar-refractivity contribution in [2.75, 3.05) is 12.9 Å². The van der Waals surface area contributed by atoms with Crippen LogP contribution < -0.4 is 4.74 Å². The first-order valence-corrected chi connectivity index (χ1v) is 8.65. The SMILES string of the molecule is CCCCOc1ccc(-c2cnc(S(C)(=O)=O)nc2)cc1. The zero-order valence-corrected chi connectivity index (χ0v) is 12.9. The van der Waals surface area contributed by atoms with Crippen LogP contribution in [0.1, 0.15) is 19.8 Å². The highest BCUT2D eigenvalue weighted by atomic mass is 32.2. The summed E-state index contributed by atoms with van der Waals surface area (Å²) in [5.41, 5.74) is 1.68. The van der Waals surface area contributed by atoms with Crippen LogP contribution >= 0.6 is 0 Å². The van der Waals surface area contributed by atoms with E-state index >= 15 is 0 Å². The maximum absolute atomic E-state index is 11.3. The summed E-state index contributed by atoms with van der Waals surface area (Å²) in [5.74, 6) is 0.820. The summed E-state index contributed by atoms with van der Waals surface area (Å²) < 4.78 is 28.2. The van der Waals surface area contributed by atoms with Gasteiger partial charge in [0.15, 0.2) is 0 Å². The molecule has 0 radical (unpaired) electrons. The molecule has 5 nitrogen and oxygen atoms in total. The second kappa shape index (κ2) is 6.67. The van der Waals surface area contributed by atoms with Crippen molar-refractivity contribution >= 4 is 9.84 Å². The average Bonchev–Trinajstić information content (AvgIpc) is 2.48. The third-order valence-corrected chi connectivity index (χ3v) is 3.79. The first-order valence-electron chi connectivity index (χ1n) is 6.76. The van der Waals surface area contributed by atoms with Crippen LogP contribution in [0.5, 0.6) is 5.75 Å². The second-order valence-corrected chi connectivity index (χ2v) is 6.66. The van der Waals surface area contributed by atoms with Crippen LogP contribution in [0, 0.1) is 0 Å². The van der Waals surface area contributed by atoms with Crippen molar-refractivity contribution in [3.05, 3.63) is 36.7 Å². The predicted octanol–water partition coefficient (Wildman–Crippen LogP) is 2.73. The number of rotatable bonds is 6. The van der Waals surface area contributed by atoms with Crippen LogP contribution in [-0.4, -0.2) is 31.2 Å². The molecule has 0 spiro atoms. The molecule has 0 bridgehead atoms. The van der Waals surface area contributed by atoms with E-state index in [9.17, 15) is 8.42 Å². The highest BCUT2D eigenvalue weighted by Crippen LogP contribution is 2.21. The quantitative estimate of drug-likeness (QED) is 0.606. The Morgan fingerprint density at radius 2 is 1.67 bits per heavy atom. The largest absolute Gasteiger partial charge is 0.494 e. The Morgan fingerprint density at radius 3 is 2.19 bits per heavy atom. The van der Waals surface area contributed by atoms with Gasteiger partial charge in [-0.1, -0.05) is 25.5 Å². The topological polar surface area (TPSA) is 69.2 Å². The third-order valence-electron chi connectivity index (χ3n) is 2.91. The molecule has 1 aromatic carbocycles. The summed E-state index contributed by atoms with van der Waals surface area (Å²) in [4.78, 5) is 7.76. The maximum Gasteiger partial charge on any atom is 0.246 e. The first kappa shape index (κ1) is 15.4. The van der Waals surface area contributed by atoms with Crippen molar-refractivity contribution in [3.63, 3.8) is 0 Å². The van der Waals surface area contributed by atoms with Crippen LogP contribution in [0.3, 0.4) is 0 Å². The van der Waals surface area contributed by atoms with E-state index in [1.54, 1.807) is 0 Å². The summed E-state index contributed by atoms with van der Waals surface area (Å²) in [6, 6.07) is 7.57. The zero-order valence-electron chi connectivity index (χ0n) is 12.1. The molecule has 0 aliphatic rings. The molecule has 0 N–H and O–H groups in total. The van der Waals surface area contributed by atoms with Crippen molar-refractivity contribution in [2.24, 2.45) is 0 Å². The summed E-state index contributed by atoms with van der Waals surface area (Å²) in [7, 11) is -3.36. The van der Waals surface area contributed by atoms with E-state index in [-0.39, 0.29) is 5.16 Å². The van der Waals surface area contributed by atoms with Gasteiger partial charge < -0.3 is 4.74 Å². The molecule has 0 aliphatic heterocycles. The number of nitrogens with zero attached hydrogens (tertiary/aromatic N) is 2. The zero-order chi connectivity index (χ0) is 15.3. The van der Waals surface area contributed by atoms with E-state index < -0.39 is 9.84 Å². The van der Waals surface area contributed by atoms with Crippen molar-refractivity contribution in [2.45, 2.75) is 24.9 Å². The Morgan fingerprint density at radius 1 is 1.05 bits per heavy atom. The molecule has 0 unspecified atom stereocenters. The van der Waals surface area contributed by atoms with Gasteiger partial charge in [0.1, 0.15) is 5.75 Å². The Hall–Kier alpha value is -1.95. The van der Waals surface area contributed by atoms with Gasteiger partial charge in [-0.3, -0.25) is 0 Å². The van der Waals surface area contributed by atoms with Gasteiger partial charge in [0, 0.05) is 24.2 Å². The van der Waals surface area contributed by atoms with Crippen molar-refractivity contribution < 1.29 is 13.2 Å². The van der Waals surface area contributed by atoms with Gasteiger partial charge >= 0.3 is 0 Å². The fourth-order valence-corrected chi connectivity index (χ4v) is 2.22. The maximum atomic E-state index is 11.3. The van der Waals surface area contributed by atoms with Crippen LogP contribution in [0.4, 0.5) is 0 Å². The molecule has 0 aliphatic carbocycles. The third kappa shape index (κ3) is 4.26. The lowest BCUT2D eigenvalue weighted by Crippen LogP contribution is -2.03. The van der Waals surface area contributed by atoms with Crippen LogP contribution in [0.25, 0.3) is 11.1 Å². The van der Waals surface area contributed by atoms with E-state index in [0.717, 1.165) is 36.0 Å². The van der Waals surface area contributed by atoms with Crippen LogP contribution in [-0.2, 0) is 9.84 Å². The number of unbranched alkanes of at least 4 members (excludes halogenated alkanes) is 1. The Kier molecular flexibility index (Phi) is 4.90. The van der Waals surface area contributed by atoms with Crippen LogP contribution in [0.15, 0.2) is 41.8 Å². The van der Waals surface area contributed by atoms with Gasteiger partial charge in [-0.2, -0.15) is 0 Å². The lowest BCUT2D eigenvalue weighted by molar-refractivity contribution is 0.309. The Balaban J connectivity index is 2.11. The standard InChI is InChI=1S/C15H18N2O3S/c1-3-4-9-20-14-7-5-12(6-8-14)13-10-16-15(17-11-13)21(2,18)19/h5-8,10-11H,3-4,9H2,1-2H3. The highest BCUT2D eigenvalue weighted by Gasteiger charge is 2.10. The van der Waals surface area contributed by atoms with Gasteiger partial charge in [0.25, 0.3) is 0 Å². The normalized spacial score (nSPS) is 11.3. The fraction of sp³-hybridized carbons (Fsp3) is 0.333. The summed E-state index contributed by atoms with van der Waals surface area (Å²) in [5, 5.41) is -0.161. The number of hydrogen-bond donors (Lipinski definition) is 0. The van der Waals surface area contributed by atoms with E-state index in [4.69, 9.17) is 4.74 Å². The van der Waals surface area contributed by atoms with E-state index in [0.29, 0.717) is 6.61 Å². The molecular weight excluding hydrogens is 288 g/mol. The molecule has 112 valence electrons. The van der Waals surface area contributed by atoms with E-state index in [1.165, 1.54) is 12.4 Å². The smallest absolute Gasteiger partial charge is 0.246 e. The van der Waals surface area contributed by atoms with Gasteiger partial charge in [0.2, 0.25) is 15.0 Å². The number of hydrogen-bond acceptors (Lipinski definition) is 5. The molecule has 21 heavy (non-hydrogen) atoms. The predicted molar refractivity (Wildman–Crippen MR) is 81.0 cm³/mol. The molecule has 0 fully saturated rings. The number of sulfone groups is 1. The number of ether oxygens (including phenoxy) is 1. The van der Waals surface area contributed by atoms with Crippen molar-refractivity contribution in [3.8, 4) is 16.9 Å². The van der Waals surface area contributed by atoms with E-state index in [2.05, 4.69) is 16.9 Å². The van der Waals surface area contributed by atoms with Crippen molar-refractivity contribution in [1.82, 2.24) is 9.97 Å². The summed E-state index contributed by atoms with van der Waals surface area (Å²) in [6.07, 6.45) is 6.24. The highest BCUT2D eigenvalue weighted by molar-refractivity contribution is 7.90. The first-order chi connectivity index (χ1) is 10.0. The van der Waals surface area contributed by atoms with Crippen LogP contribution in [0.2, 0.25) is 0 Å². The Labute approximate surface area is 124 Å². The molecule has 0 amide bonds. The van der Waals surface area contributed by atoms with Gasteiger partial charge in [-0.05, 0) is 24.1 Å². The van der Waals surface area contributed by atoms with Crippen molar-refractivity contribution in [1.29, 1.82) is 0 Å². The van der Waals surface area contributed by atoms with Gasteiger partial charge in [0.05, 0.1) is 6.61 Å². The minimum absolute atomic E-state index is 0.161. The Bertz CT molecular complexity index is 680. The lowest BCUT2D eigenvalue weighted by atomic mass is 10.1. The molecule has 1 heterocycles. The van der Waals surface area contributed by atoms with Gasteiger partial charge in [-0.25, -0.2) is 18.4 Å². The molecule has 6 heteroatoms. The summed E-state index contributed by atoms with van der Waals surface area (Å²) in [6.45, 7) is 2.83. The fourth-order valence-electron chi connectivity index (χ4n) is 1.73. The number of benzene rings is 1. The molecular formula is C15H18N2O3S. The molecule has 0 atom stereocenters. The second-order valence-electron chi connectivity index (χ2n) is 4.75. The molecule has 0 saturated heterocycles. The monoisotopic (exact) mass is 306 g/mol. The minimum atomic E-state index is -3.36. The van der Waals surface area contributed by atoms with E-state index in [1.807, 2.05) is 24.3 Å². The molecule has 2 aromatic rings. The molecule has 0 saturated carbocycles. The number of aromatic nitrogens is 2.